The van der Waals surface area contributed by atoms with Crippen LogP contribution in [0.15, 0.2) is 24.3 Å². The minimum absolute atomic E-state index is 0.205. The number of hydrogen-bond donors (Lipinski definition) is 1. The lowest BCUT2D eigenvalue weighted by Gasteiger charge is -2.14. The number of hydrogen-bond acceptors (Lipinski definition) is 3. The van der Waals surface area contributed by atoms with Crippen molar-refractivity contribution in [1.82, 2.24) is 0 Å². The van der Waals surface area contributed by atoms with E-state index < -0.39 is 15.3 Å². The molecule has 6 heteroatoms. The van der Waals surface area contributed by atoms with Crippen LogP contribution in [-0.4, -0.2) is 24.8 Å². The SMILES string of the molecule is CC1(C)COc2ccccc21.O=S(=O)(O)CCl. The first-order valence-corrected chi connectivity index (χ1v) is 7.14. The number of benzene rings is 1. The second kappa shape index (κ2) is 5.25. The number of para-hydroxylation sites is 1. The predicted molar refractivity (Wildman–Crippen MR) is 67.2 cm³/mol. The van der Waals surface area contributed by atoms with Gasteiger partial charge in [-0.15, -0.1) is 11.6 Å². The fraction of sp³-hybridized carbons (Fsp3) is 0.455. The van der Waals surface area contributed by atoms with E-state index in [-0.39, 0.29) is 5.41 Å². The third kappa shape index (κ3) is 4.18. The van der Waals surface area contributed by atoms with Crippen molar-refractivity contribution in [3.05, 3.63) is 29.8 Å². The molecule has 2 rings (SSSR count). The number of alkyl halides is 1. The molecule has 4 nitrogen and oxygen atoms in total. The van der Waals surface area contributed by atoms with Crippen LogP contribution < -0.4 is 4.74 Å². The maximum atomic E-state index is 9.42. The van der Waals surface area contributed by atoms with E-state index in [0.717, 1.165) is 12.4 Å². The number of fused-ring (bicyclic) bond motifs is 1. The Kier molecular flexibility index (Phi) is 4.41. The molecule has 96 valence electrons. The van der Waals surface area contributed by atoms with Crippen LogP contribution in [0, 0.1) is 0 Å². The summed E-state index contributed by atoms with van der Waals surface area (Å²) in [5.74, 6) is 1.05. The molecule has 0 fully saturated rings. The molecule has 1 heterocycles. The normalized spacial score (nSPS) is 16.5. The van der Waals surface area contributed by atoms with Gasteiger partial charge in [-0.05, 0) is 6.07 Å². The molecule has 0 saturated heterocycles. The lowest BCUT2D eigenvalue weighted by atomic mass is 9.87. The van der Waals surface area contributed by atoms with Crippen LogP contribution in [0.4, 0.5) is 0 Å². The number of rotatable bonds is 1. The summed E-state index contributed by atoms with van der Waals surface area (Å²) >= 11 is 4.64. The molecule has 0 aliphatic carbocycles. The van der Waals surface area contributed by atoms with E-state index in [1.54, 1.807) is 0 Å². The molecule has 0 saturated carbocycles. The third-order valence-corrected chi connectivity index (χ3v) is 3.45. The number of ether oxygens (including phenoxy) is 1. The molecule has 1 aromatic carbocycles. The Morgan fingerprint density at radius 1 is 1.41 bits per heavy atom. The number of halogens is 1. The highest BCUT2D eigenvalue weighted by Crippen LogP contribution is 2.37. The van der Waals surface area contributed by atoms with E-state index in [4.69, 9.17) is 9.29 Å². The molecule has 0 unspecified atom stereocenters. The van der Waals surface area contributed by atoms with Crippen molar-refractivity contribution in [2.75, 3.05) is 11.8 Å². The molecule has 1 aromatic rings. The Bertz CT molecular complexity index is 482. The van der Waals surface area contributed by atoms with Crippen LogP contribution in [0.25, 0.3) is 0 Å². The smallest absolute Gasteiger partial charge is 0.279 e. The fourth-order valence-electron chi connectivity index (χ4n) is 1.49. The summed E-state index contributed by atoms with van der Waals surface area (Å²) in [5, 5.41) is -0.729. The van der Waals surface area contributed by atoms with Crippen LogP contribution in [0.1, 0.15) is 19.4 Å². The lowest BCUT2D eigenvalue weighted by Crippen LogP contribution is -2.18. The molecule has 0 bridgehead atoms. The van der Waals surface area contributed by atoms with Crippen LogP contribution in [0.5, 0.6) is 5.75 Å². The summed E-state index contributed by atoms with van der Waals surface area (Å²) in [5.41, 5.74) is 1.54. The van der Waals surface area contributed by atoms with E-state index in [9.17, 15) is 8.42 Å². The molecular weight excluding hydrogens is 264 g/mol. The Balaban J connectivity index is 0.000000209. The van der Waals surface area contributed by atoms with Gasteiger partial charge in [-0.3, -0.25) is 4.55 Å². The van der Waals surface area contributed by atoms with Crippen LogP contribution in [0.3, 0.4) is 0 Å². The highest BCUT2D eigenvalue weighted by atomic mass is 35.5. The molecule has 1 N–H and O–H groups in total. The van der Waals surface area contributed by atoms with Gasteiger partial charge in [0.05, 0.1) is 6.61 Å². The van der Waals surface area contributed by atoms with Crippen molar-refractivity contribution in [1.29, 1.82) is 0 Å². The zero-order valence-corrected chi connectivity index (χ0v) is 11.3. The van der Waals surface area contributed by atoms with E-state index >= 15 is 0 Å². The first-order valence-electron chi connectivity index (χ1n) is 5.00. The largest absolute Gasteiger partial charge is 0.492 e. The summed E-state index contributed by atoms with van der Waals surface area (Å²) < 4.78 is 32.0. The minimum Gasteiger partial charge on any atom is -0.492 e. The Morgan fingerprint density at radius 3 is 2.41 bits per heavy atom. The minimum atomic E-state index is -3.90. The van der Waals surface area contributed by atoms with Crippen molar-refractivity contribution in [2.24, 2.45) is 0 Å². The summed E-state index contributed by atoms with van der Waals surface area (Å²) in [4.78, 5) is 0. The van der Waals surface area contributed by atoms with Crippen molar-refractivity contribution < 1.29 is 17.7 Å². The highest BCUT2D eigenvalue weighted by molar-refractivity contribution is 7.87. The Hall–Kier alpha value is -0.780. The summed E-state index contributed by atoms with van der Waals surface area (Å²) in [6.45, 7) is 5.23. The van der Waals surface area contributed by atoms with Gasteiger partial charge in [-0.2, -0.15) is 8.42 Å². The van der Waals surface area contributed by atoms with Crippen LogP contribution >= 0.6 is 11.6 Å². The molecular formula is C11H15ClO4S. The predicted octanol–water partition coefficient (Wildman–Crippen LogP) is 2.43. The van der Waals surface area contributed by atoms with Gasteiger partial charge >= 0.3 is 0 Å². The van der Waals surface area contributed by atoms with Crippen molar-refractivity contribution in [3.8, 4) is 5.75 Å². The molecule has 17 heavy (non-hydrogen) atoms. The summed E-state index contributed by atoms with van der Waals surface area (Å²) in [6, 6.07) is 8.25. The summed E-state index contributed by atoms with van der Waals surface area (Å²) in [6.07, 6.45) is 0. The Labute approximate surface area is 106 Å². The van der Waals surface area contributed by atoms with Crippen molar-refractivity contribution in [3.63, 3.8) is 0 Å². The zero-order valence-electron chi connectivity index (χ0n) is 9.68. The van der Waals surface area contributed by atoms with Crippen LogP contribution in [0.2, 0.25) is 0 Å². The third-order valence-electron chi connectivity index (χ3n) is 2.34. The van der Waals surface area contributed by atoms with Crippen LogP contribution in [-0.2, 0) is 15.5 Å². The zero-order chi connectivity index (χ0) is 13.1. The molecule has 0 radical (unpaired) electrons. The maximum absolute atomic E-state index is 9.42. The topological polar surface area (TPSA) is 63.6 Å². The first-order chi connectivity index (χ1) is 7.76. The maximum Gasteiger partial charge on any atom is 0.279 e. The summed E-state index contributed by atoms with van der Waals surface area (Å²) in [7, 11) is -3.90. The van der Waals surface area contributed by atoms with Crippen molar-refractivity contribution in [2.45, 2.75) is 19.3 Å². The average Bonchev–Trinajstić information content (AvgIpc) is 2.56. The molecule has 0 atom stereocenters. The van der Waals surface area contributed by atoms with Gasteiger partial charge in [-0.1, -0.05) is 32.0 Å². The first kappa shape index (κ1) is 14.3. The van der Waals surface area contributed by atoms with Crippen molar-refractivity contribution >= 4 is 21.7 Å². The average molecular weight is 279 g/mol. The van der Waals surface area contributed by atoms with Gasteiger partial charge in [0.1, 0.15) is 11.0 Å². The molecule has 1 aliphatic rings. The van der Waals surface area contributed by atoms with Gasteiger partial charge in [0.2, 0.25) is 0 Å². The van der Waals surface area contributed by atoms with Gasteiger partial charge in [-0.25, -0.2) is 0 Å². The molecule has 1 aliphatic heterocycles. The lowest BCUT2D eigenvalue weighted by molar-refractivity contribution is 0.291. The fourth-order valence-corrected chi connectivity index (χ4v) is 1.49. The second-order valence-electron chi connectivity index (χ2n) is 4.36. The standard InChI is InChI=1S/C10H12O.CH3ClO3S/c1-10(2)7-11-9-6-4-3-5-8(9)10;2-1-6(3,4)5/h3-6H,7H2,1-2H3;1H2,(H,3,4,5). The van der Waals surface area contributed by atoms with Gasteiger partial charge in [0.15, 0.2) is 0 Å². The van der Waals surface area contributed by atoms with E-state index in [2.05, 4.69) is 37.6 Å². The van der Waals surface area contributed by atoms with E-state index in [0.29, 0.717) is 0 Å². The Morgan fingerprint density at radius 2 is 1.94 bits per heavy atom. The highest BCUT2D eigenvalue weighted by Gasteiger charge is 2.30. The van der Waals surface area contributed by atoms with E-state index in [1.165, 1.54) is 5.56 Å². The van der Waals surface area contributed by atoms with Gasteiger partial charge < -0.3 is 4.74 Å². The molecule has 0 aromatic heterocycles. The monoisotopic (exact) mass is 278 g/mol. The quantitative estimate of drug-likeness (QED) is 0.633. The van der Waals surface area contributed by atoms with Gasteiger partial charge in [0, 0.05) is 11.0 Å². The molecule has 0 spiro atoms. The van der Waals surface area contributed by atoms with E-state index in [1.807, 2.05) is 12.1 Å². The molecule has 0 amide bonds. The van der Waals surface area contributed by atoms with Gasteiger partial charge in [0.25, 0.3) is 10.1 Å². The second-order valence-corrected chi connectivity index (χ2v) is 6.40.